The Hall–Kier alpha value is -2.78. The van der Waals surface area contributed by atoms with Crippen LogP contribution in [0.5, 0.6) is 11.5 Å². The van der Waals surface area contributed by atoms with Crippen molar-refractivity contribution in [3.8, 4) is 22.6 Å². The first-order valence-corrected chi connectivity index (χ1v) is 8.86. The summed E-state index contributed by atoms with van der Waals surface area (Å²) in [6.07, 6.45) is 2.20. The molecule has 3 aromatic carbocycles. The third kappa shape index (κ3) is 2.95. The van der Waals surface area contributed by atoms with Gasteiger partial charge in [0.05, 0.1) is 10.6 Å². The molecule has 26 heavy (non-hydrogen) atoms. The molecule has 1 atom stereocenters. The van der Waals surface area contributed by atoms with Gasteiger partial charge in [0.25, 0.3) is 0 Å². The van der Waals surface area contributed by atoms with Crippen LogP contribution in [0.1, 0.15) is 34.0 Å². The van der Waals surface area contributed by atoms with E-state index in [2.05, 4.69) is 24.3 Å². The van der Waals surface area contributed by atoms with Gasteiger partial charge < -0.3 is 9.84 Å². The Kier molecular flexibility index (Phi) is 4.39. The van der Waals surface area contributed by atoms with Gasteiger partial charge in [-0.1, -0.05) is 60.1 Å². The number of carbonyl (C=O) groups excluding carboxylic acids is 1. The molecule has 3 aromatic rings. The summed E-state index contributed by atoms with van der Waals surface area (Å²) in [6.45, 7) is 0. The highest BCUT2D eigenvalue weighted by Crippen LogP contribution is 2.42. The van der Waals surface area contributed by atoms with Crippen molar-refractivity contribution in [1.29, 1.82) is 0 Å². The molecule has 0 amide bonds. The highest BCUT2D eigenvalue weighted by Gasteiger charge is 2.27. The Labute approximate surface area is 156 Å². The molecule has 1 aliphatic carbocycles. The second-order valence-corrected chi connectivity index (χ2v) is 6.75. The first-order valence-electron chi connectivity index (χ1n) is 8.49. The average Bonchev–Trinajstić information content (AvgIpc) is 3.08. The standard InChI is InChI=1S/C22H17ClO3/c23-19-11-15(13-24)20(25)12-22(19)26-21-10-9-17-16(7-4-8-18(17)21)14-5-2-1-3-6-14/h1-8,11-13,21,25H,9-10H2. The molecule has 0 aromatic heterocycles. The lowest BCUT2D eigenvalue weighted by molar-refractivity contribution is 0.112. The van der Waals surface area contributed by atoms with Crippen molar-refractivity contribution in [1.82, 2.24) is 0 Å². The molecule has 0 saturated carbocycles. The van der Waals surface area contributed by atoms with Crippen molar-refractivity contribution >= 4 is 17.9 Å². The predicted octanol–water partition coefficient (Wildman–Crippen LogP) is 5.59. The molecule has 0 heterocycles. The summed E-state index contributed by atoms with van der Waals surface area (Å²) in [5.74, 6) is 0.258. The van der Waals surface area contributed by atoms with E-state index in [1.54, 1.807) is 0 Å². The molecule has 1 aliphatic rings. The SMILES string of the molecule is O=Cc1cc(Cl)c(OC2CCc3c(-c4ccccc4)cccc32)cc1O. The van der Waals surface area contributed by atoms with Crippen LogP contribution in [-0.2, 0) is 6.42 Å². The molecule has 4 rings (SSSR count). The van der Waals surface area contributed by atoms with Crippen molar-refractivity contribution in [2.24, 2.45) is 0 Å². The molecule has 130 valence electrons. The minimum absolute atomic E-state index is 0.129. The van der Waals surface area contributed by atoms with Gasteiger partial charge in [0.15, 0.2) is 6.29 Å². The van der Waals surface area contributed by atoms with Crippen LogP contribution < -0.4 is 4.74 Å². The van der Waals surface area contributed by atoms with Crippen molar-refractivity contribution in [3.05, 3.63) is 82.4 Å². The number of carbonyl (C=O) groups is 1. The molecule has 1 N–H and O–H groups in total. The number of hydrogen-bond acceptors (Lipinski definition) is 3. The lowest BCUT2D eigenvalue weighted by Crippen LogP contribution is -2.04. The van der Waals surface area contributed by atoms with E-state index in [-0.39, 0.29) is 17.4 Å². The smallest absolute Gasteiger partial charge is 0.153 e. The Morgan fingerprint density at radius 1 is 1.08 bits per heavy atom. The lowest BCUT2D eigenvalue weighted by Gasteiger charge is -2.17. The second-order valence-electron chi connectivity index (χ2n) is 6.34. The van der Waals surface area contributed by atoms with Crippen LogP contribution in [0.4, 0.5) is 0 Å². The Morgan fingerprint density at radius 3 is 2.65 bits per heavy atom. The molecule has 3 nitrogen and oxygen atoms in total. The number of hydrogen-bond donors (Lipinski definition) is 1. The first kappa shape index (κ1) is 16.7. The van der Waals surface area contributed by atoms with E-state index in [0.29, 0.717) is 17.1 Å². The van der Waals surface area contributed by atoms with Crippen molar-refractivity contribution in [2.45, 2.75) is 18.9 Å². The highest BCUT2D eigenvalue weighted by atomic mass is 35.5. The largest absolute Gasteiger partial charge is 0.507 e. The number of phenolic OH excluding ortho intramolecular Hbond substituents is 1. The normalized spacial score (nSPS) is 15.5. The van der Waals surface area contributed by atoms with Crippen molar-refractivity contribution in [2.75, 3.05) is 0 Å². The molecule has 0 bridgehead atoms. The number of halogens is 1. The summed E-state index contributed by atoms with van der Waals surface area (Å²) >= 11 is 6.22. The van der Waals surface area contributed by atoms with Crippen LogP contribution in [0, 0.1) is 0 Å². The molecular formula is C22H17ClO3. The summed E-state index contributed by atoms with van der Waals surface area (Å²) in [4.78, 5) is 10.9. The average molecular weight is 365 g/mol. The number of phenols is 1. The Bertz CT molecular complexity index is 967. The molecule has 1 unspecified atom stereocenters. The number of benzene rings is 3. The van der Waals surface area contributed by atoms with E-state index in [1.807, 2.05) is 24.3 Å². The van der Waals surface area contributed by atoms with E-state index in [4.69, 9.17) is 16.3 Å². The minimum atomic E-state index is -0.132. The second kappa shape index (κ2) is 6.85. The van der Waals surface area contributed by atoms with Crippen molar-refractivity contribution in [3.63, 3.8) is 0 Å². The maximum atomic E-state index is 10.9. The van der Waals surface area contributed by atoms with Gasteiger partial charge in [-0.25, -0.2) is 0 Å². The Morgan fingerprint density at radius 2 is 1.88 bits per heavy atom. The summed E-state index contributed by atoms with van der Waals surface area (Å²) in [5.41, 5.74) is 4.99. The molecule has 0 aliphatic heterocycles. The first-order chi connectivity index (χ1) is 12.7. The molecule has 0 spiro atoms. The maximum Gasteiger partial charge on any atom is 0.153 e. The third-order valence-corrected chi connectivity index (χ3v) is 5.07. The van der Waals surface area contributed by atoms with Gasteiger partial charge in [0, 0.05) is 6.07 Å². The molecule has 4 heteroatoms. The topological polar surface area (TPSA) is 46.5 Å². The minimum Gasteiger partial charge on any atom is -0.507 e. The van der Waals surface area contributed by atoms with E-state index in [9.17, 15) is 9.90 Å². The fourth-order valence-corrected chi connectivity index (χ4v) is 3.74. The van der Waals surface area contributed by atoms with Gasteiger partial charge in [-0.3, -0.25) is 4.79 Å². The number of fused-ring (bicyclic) bond motifs is 1. The van der Waals surface area contributed by atoms with Crippen LogP contribution in [0.3, 0.4) is 0 Å². The fraction of sp³-hybridized carbons (Fsp3) is 0.136. The van der Waals surface area contributed by atoms with Gasteiger partial charge in [-0.15, -0.1) is 0 Å². The zero-order valence-corrected chi connectivity index (χ0v) is 14.7. The monoisotopic (exact) mass is 364 g/mol. The molecular weight excluding hydrogens is 348 g/mol. The third-order valence-electron chi connectivity index (χ3n) is 4.78. The van der Waals surface area contributed by atoms with E-state index >= 15 is 0 Å². The quantitative estimate of drug-likeness (QED) is 0.613. The van der Waals surface area contributed by atoms with E-state index in [0.717, 1.165) is 18.4 Å². The van der Waals surface area contributed by atoms with Crippen LogP contribution in [0.2, 0.25) is 5.02 Å². The number of aldehydes is 1. The Balaban J connectivity index is 1.67. The van der Waals surface area contributed by atoms with E-state index < -0.39 is 0 Å². The van der Waals surface area contributed by atoms with Crippen molar-refractivity contribution < 1.29 is 14.6 Å². The van der Waals surface area contributed by atoms with Gasteiger partial charge in [-0.2, -0.15) is 0 Å². The molecule has 0 fully saturated rings. The van der Waals surface area contributed by atoms with Gasteiger partial charge >= 0.3 is 0 Å². The number of aromatic hydroxyl groups is 1. The predicted molar refractivity (Wildman–Crippen MR) is 102 cm³/mol. The zero-order valence-electron chi connectivity index (χ0n) is 14.0. The summed E-state index contributed by atoms with van der Waals surface area (Å²) in [5, 5.41) is 10.2. The number of rotatable bonds is 4. The van der Waals surface area contributed by atoms with Gasteiger partial charge in [0.2, 0.25) is 0 Å². The summed E-state index contributed by atoms with van der Waals surface area (Å²) in [7, 11) is 0. The van der Waals surface area contributed by atoms with Crippen LogP contribution in [-0.4, -0.2) is 11.4 Å². The summed E-state index contributed by atoms with van der Waals surface area (Å²) in [6, 6.07) is 19.4. The fourth-order valence-electron chi connectivity index (χ4n) is 3.52. The van der Waals surface area contributed by atoms with E-state index in [1.165, 1.54) is 28.8 Å². The molecule has 0 radical (unpaired) electrons. The number of ether oxygens (including phenoxy) is 1. The zero-order chi connectivity index (χ0) is 18.1. The van der Waals surface area contributed by atoms with Crippen LogP contribution in [0.15, 0.2) is 60.7 Å². The maximum absolute atomic E-state index is 10.9. The van der Waals surface area contributed by atoms with Crippen LogP contribution >= 0.6 is 11.6 Å². The van der Waals surface area contributed by atoms with Gasteiger partial charge in [0.1, 0.15) is 17.6 Å². The van der Waals surface area contributed by atoms with Gasteiger partial charge in [-0.05, 0) is 41.2 Å². The molecule has 0 saturated heterocycles. The summed E-state index contributed by atoms with van der Waals surface area (Å²) < 4.78 is 6.10. The lowest BCUT2D eigenvalue weighted by atomic mass is 9.97. The van der Waals surface area contributed by atoms with Crippen LogP contribution in [0.25, 0.3) is 11.1 Å². The highest BCUT2D eigenvalue weighted by molar-refractivity contribution is 6.32.